The zero-order valence-electron chi connectivity index (χ0n) is 21.5. The molecular weight excluding hydrogens is 484 g/mol. The summed E-state index contributed by atoms with van der Waals surface area (Å²) in [5, 5.41) is 9.36. The standard InChI is InChI=1S/C31H28N8/c32-20-37-18-24-12-13-25(19-37)38(24)17-21-8-10-23(11-9-21)39-30(26-7-4-16-34-29(26)33)36-28-15-14-27(35-31(28)39)22-5-2-1-3-6-22/h1-11,14-16,24-25H,12-13,17-19H2,(H2,33,34). The molecule has 0 saturated carbocycles. The Morgan fingerprint density at radius 2 is 1.64 bits per heavy atom. The van der Waals surface area contributed by atoms with Crippen LogP contribution in [0.1, 0.15) is 18.4 Å². The van der Waals surface area contributed by atoms with Crippen molar-refractivity contribution in [3.63, 3.8) is 0 Å². The fraction of sp³-hybridized carbons (Fsp3) is 0.226. The Morgan fingerprint density at radius 1 is 0.872 bits per heavy atom. The Kier molecular flexibility index (Phi) is 5.71. The highest BCUT2D eigenvalue weighted by molar-refractivity contribution is 5.84. The molecule has 8 heteroatoms. The summed E-state index contributed by atoms with van der Waals surface area (Å²) in [6.07, 6.45) is 6.35. The molecule has 2 unspecified atom stereocenters. The number of pyridine rings is 2. The Hall–Kier alpha value is -4.74. The lowest BCUT2D eigenvalue weighted by molar-refractivity contribution is 0.0908. The van der Waals surface area contributed by atoms with E-state index in [-0.39, 0.29) is 0 Å². The number of nitriles is 1. The van der Waals surface area contributed by atoms with Gasteiger partial charge in [-0.1, -0.05) is 42.5 Å². The number of benzene rings is 2. The highest BCUT2D eigenvalue weighted by atomic mass is 15.3. The summed E-state index contributed by atoms with van der Waals surface area (Å²) in [5.41, 5.74) is 12.8. The maximum atomic E-state index is 9.36. The van der Waals surface area contributed by atoms with Gasteiger partial charge in [-0.05, 0) is 54.8 Å². The second-order valence-electron chi connectivity index (χ2n) is 10.3. The Morgan fingerprint density at radius 3 is 2.36 bits per heavy atom. The third-order valence-electron chi connectivity index (χ3n) is 7.99. The van der Waals surface area contributed by atoms with E-state index in [4.69, 9.17) is 15.7 Å². The zero-order valence-corrected chi connectivity index (χ0v) is 21.5. The van der Waals surface area contributed by atoms with Gasteiger partial charge in [0.2, 0.25) is 0 Å². The van der Waals surface area contributed by atoms with Crippen molar-refractivity contribution in [1.82, 2.24) is 29.3 Å². The summed E-state index contributed by atoms with van der Waals surface area (Å²) in [5.74, 6) is 1.15. The number of likely N-dealkylation sites (tertiary alicyclic amines) is 1. The molecule has 0 amide bonds. The van der Waals surface area contributed by atoms with Crippen molar-refractivity contribution in [2.75, 3.05) is 18.8 Å². The van der Waals surface area contributed by atoms with Gasteiger partial charge in [-0.15, -0.1) is 0 Å². The molecule has 2 bridgehead atoms. The minimum absolute atomic E-state index is 0.431. The molecule has 0 radical (unpaired) electrons. The first-order chi connectivity index (χ1) is 19.2. The molecule has 2 fully saturated rings. The van der Waals surface area contributed by atoms with Gasteiger partial charge in [0, 0.05) is 49.2 Å². The highest BCUT2D eigenvalue weighted by Crippen LogP contribution is 2.33. The summed E-state index contributed by atoms with van der Waals surface area (Å²) in [7, 11) is 0. The number of imidazole rings is 1. The highest BCUT2D eigenvalue weighted by Gasteiger charge is 2.39. The van der Waals surface area contributed by atoms with Crippen LogP contribution in [0.5, 0.6) is 0 Å². The number of piperazine rings is 1. The fourth-order valence-corrected chi connectivity index (χ4v) is 6.05. The number of nitrogens with two attached hydrogens (primary N) is 1. The first-order valence-electron chi connectivity index (χ1n) is 13.3. The third kappa shape index (κ3) is 4.17. The number of aromatic nitrogens is 4. The molecule has 0 spiro atoms. The molecule has 7 rings (SSSR count). The van der Waals surface area contributed by atoms with Gasteiger partial charge in [0.15, 0.2) is 17.7 Å². The van der Waals surface area contributed by atoms with E-state index in [1.807, 2.05) is 47.4 Å². The molecule has 2 atom stereocenters. The van der Waals surface area contributed by atoms with Crippen molar-refractivity contribution in [1.29, 1.82) is 5.26 Å². The van der Waals surface area contributed by atoms with Gasteiger partial charge in [0.25, 0.3) is 0 Å². The molecule has 8 nitrogen and oxygen atoms in total. The topological polar surface area (TPSA) is 99.9 Å². The molecule has 2 N–H and O–H groups in total. The van der Waals surface area contributed by atoms with Gasteiger partial charge < -0.3 is 10.6 Å². The van der Waals surface area contributed by atoms with Gasteiger partial charge in [-0.3, -0.25) is 9.47 Å². The average molecular weight is 513 g/mol. The molecule has 0 aliphatic carbocycles. The Labute approximate surface area is 227 Å². The number of nitrogen functional groups attached to an aromatic ring is 1. The van der Waals surface area contributed by atoms with Crippen LogP contribution in [0, 0.1) is 11.5 Å². The van der Waals surface area contributed by atoms with Crippen molar-refractivity contribution in [2.24, 2.45) is 0 Å². The molecule has 2 aromatic carbocycles. The quantitative estimate of drug-likeness (QED) is 0.336. The van der Waals surface area contributed by atoms with Gasteiger partial charge in [-0.25, -0.2) is 15.0 Å². The van der Waals surface area contributed by atoms with Crippen LogP contribution in [0.15, 0.2) is 85.1 Å². The third-order valence-corrected chi connectivity index (χ3v) is 7.99. The second-order valence-corrected chi connectivity index (χ2v) is 10.3. The number of hydrogen-bond acceptors (Lipinski definition) is 7. The SMILES string of the molecule is N#CN1CC2CCC(C1)N2Cc1ccc(-n2c(-c3cccnc3N)nc3ccc(-c4ccccc4)nc32)cc1. The summed E-state index contributed by atoms with van der Waals surface area (Å²) in [6, 6.07) is 27.6. The number of nitrogens with zero attached hydrogens (tertiary/aromatic N) is 7. The van der Waals surface area contributed by atoms with Crippen LogP contribution in [0.25, 0.3) is 39.5 Å². The first kappa shape index (κ1) is 23.4. The minimum Gasteiger partial charge on any atom is -0.383 e. The van der Waals surface area contributed by atoms with E-state index in [9.17, 15) is 5.26 Å². The molecule has 3 aromatic heterocycles. The summed E-state index contributed by atoms with van der Waals surface area (Å²) < 4.78 is 2.08. The Balaban J connectivity index is 1.28. The van der Waals surface area contributed by atoms with Crippen LogP contribution in [-0.2, 0) is 6.54 Å². The van der Waals surface area contributed by atoms with E-state index in [1.165, 1.54) is 5.56 Å². The molecule has 2 aliphatic rings. The maximum absolute atomic E-state index is 9.36. The van der Waals surface area contributed by atoms with E-state index < -0.39 is 0 Å². The van der Waals surface area contributed by atoms with E-state index >= 15 is 0 Å². The van der Waals surface area contributed by atoms with Gasteiger partial charge in [-0.2, -0.15) is 5.26 Å². The number of hydrogen-bond donors (Lipinski definition) is 1. The summed E-state index contributed by atoms with van der Waals surface area (Å²) >= 11 is 0. The molecule has 2 saturated heterocycles. The molecule has 2 aliphatic heterocycles. The fourth-order valence-electron chi connectivity index (χ4n) is 6.05. The Bertz CT molecular complexity index is 1670. The van der Waals surface area contributed by atoms with E-state index in [1.54, 1.807) is 6.20 Å². The van der Waals surface area contributed by atoms with E-state index in [0.29, 0.717) is 23.7 Å². The lowest BCUT2D eigenvalue weighted by Crippen LogP contribution is -2.51. The monoisotopic (exact) mass is 512 g/mol. The maximum Gasteiger partial charge on any atom is 0.179 e. The van der Waals surface area contributed by atoms with Crippen molar-refractivity contribution in [2.45, 2.75) is 31.5 Å². The second kappa shape index (κ2) is 9.53. The van der Waals surface area contributed by atoms with Crippen molar-refractivity contribution in [3.05, 3.63) is 90.6 Å². The van der Waals surface area contributed by atoms with Gasteiger partial charge in [0.05, 0.1) is 11.3 Å². The van der Waals surface area contributed by atoms with Crippen LogP contribution in [0.4, 0.5) is 5.82 Å². The van der Waals surface area contributed by atoms with Gasteiger partial charge >= 0.3 is 0 Å². The van der Waals surface area contributed by atoms with Crippen LogP contribution >= 0.6 is 0 Å². The molecule has 39 heavy (non-hydrogen) atoms. The summed E-state index contributed by atoms with van der Waals surface area (Å²) in [4.78, 5) is 18.8. The molecular formula is C31H28N8. The smallest absolute Gasteiger partial charge is 0.179 e. The first-order valence-corrected chi connectivity index (χ1v) is 13.3. The lowest BCUT2D eigenvalue weighted by atomic mass is 10.1. The van der Waals surface area contributed by atoms with Crippen LogP contribution in [0.3, 0.4) is 0 Å². The largest absolute Gasteiger partial charge is 0.383 e. The average Bonchev–Trinajstić information content (AvgIpc) is 3.46. The number of rotatable bonds is 5. The number of anilines is 1. The molecule has 192 valence electrons. The lowest BCUT2D eigenvalue weighted by Gasteiger charge is -2.38. The van der Waals surface area contributed by atoms with E-state index in [2.05, 4.69) is 57.0 Å². The van der Waals surface area contributed by atoms with Crippen molar-refractivity contribution < 1.29 is 0 Å². The van der Waals surface area contributed by atoms with Crippen molar-refractivity contribution >= 4 is 17.0 Å². The van der Waals surface area contributed by atoms with Crippen LogP contribution in [0.2, 0.25) is 0 Å². The minimum atomic E-state index is 0.431. The van der Waals surface area contributed by atoms with Crippen molar-refractivity contribution in [3.8, 4) is 34.5 Å². The van der Waals surface area contributed by atoms with E-state index in [0.717, 1.165) is 66.1 Å². The number of fused-ring (bicyclic) bond motifs is 3. The summed E-state index contributed by atoms with van der Waals surface area (Å²) in [6.45, 7) is 2.55. The predicted molar refractivity (Wildman–Crippen MR) is 151 cm³/mol. The van der Waals surface area contributed by atoms with Crippen LogP contribution in [-0.4, -0.2) is 54.5 Å². The zero-order chi connectivity index (χ0) is 26.3. The molecule has 5 aromatic rings. The van der Waals surface area contributed by atoms with Gasteiger partial charge in [0.1, 0.15) is 11.3 Å². The normalized spacial score (nSPS) is 18.9. The predicted octanol–water partition coefficient (Wildman–Crippen LogP) is 4.86. The molecule has 5 heterocycles. The van der Waals surface area contributed by atoms with Crippen LogP contribution < -0.4 is 5.73 Å².